The molecule has 0 atom stereocenters. The normalized spacial score (nSPS) is 16.1. The molecule has 1 aliphatic rings. The van der Waals surface area contributed by atoms with Gasteiger partial charge in [0, 0.05) is 24.2 Å². The van der Waals surface area contributed by atoms with Crippen molar-refractivity contribution in [3.05, 3.63) is 23.8 Å². The Bertz CT molecular complexity index is 390. The molecular formula is C16H26ClNO2. The summed E-state index contributed by atoms with van der Waals surface area (Å²) in [6, 6.07) is 6.69. The number of benzene rings is 1. The van der Waals surface area contributed by atoms with Crippen LogP contribution in [0.5, 0.6) is 11.5 Å². The van der Waals surface area contributed by atoms with E-state index in [-0.39, 0.29) is 12.4 Å². The molecule has 0 heterocycles. The van der Waals surface area contributed by atoms with Crippen LogP contribution in [0.1, 0.15) is 44.1 Å². The number of rotatable bonds is 5. The zero-order valence-corrected chi connectivity index (χ0v) is 13.3. The third-order valence-corrected chi connectivity index (χ3v) is 3.93. The van der Waals surface area contributed by atoms with E-state index in [1.807, 2.05) is 12.1 Å². The van der Waals surface area contributed by atoms with Crippen molar-refractivity contribution < 1.29 is 9.47 Å². The quantitative estimate of drug-likeness (QED) is 0.836. The van der Waals surface area contributed by atoms with Crippen molar-refractivity contribution in [2.24, 2.45) is 0 Å². The highest BCUT2D eigenvalue weighted by Crippen LogP contribution is 2.25. The van der Waals surface area contributed by atoms with Crippen molar-refractivity contribution in [2.45, 2.75) is 51.1 Å². The number of methoxy groups -OCH3 is 2. The van der Waals surface area contributed by atoms with Crippen molar-refractivity contribution in [2.75, 3.05) is 14.2 Å². The van der Waals surface area contributed by atoms with Crippen molar-refractivity contribution in [3.63, 3.8) is 0 Å². The Labute approximate surface area is 128 Å². The molecule has 1 N–H and O–H groups in total. The van der Waals surface area contributed by atoms with Crippen LogP contribution in [0.2, 0.25) is 0 Å². The Balaban J connectivity index is 0.00000200. The van der Waals surface area contributed by atoms with Gasteiger partial charge in [-0.15, -0.1) is 12.4 Å². The van der Waals surface area contributed by atoms with Crippen molar-refractivity contribution in [1.29, 1.82) is 0 Å². The van der Waals surface area contributed by atoms with E-state index in [1.165, 1.54) is 44.1 Å². The lowest BCUT2D eigenvalue weighted by molar-refractivity contribution is 0.386. The topological polar surface area (TPSA) is 30.5 Å². The summed E-state index contributed by atoms with van der Waals surface area (Å²) in [5.41, 5.74) is 1.20. The molecule has 2 rings (SSSR count). The van der Waals surface area contributed by atoms with Crippen LogP contribution >= 0.6 is 12.4 Å². The van der Waals surface area contributed by atoms with Gasteiger partial charge in [-0.2, -0.15) is 0 Å². The average Bonchev–Trinajstić information content (AvgIpc) is 2.73. The fourth-order valence-electron chi connectivity index (χ4n) is 2.74. The second-order valence-corrected chi connectivity index (χ2v) is 5.25. The van der Waals surface area contributed by atoms with Gasteiger partial charge in [-0.3, -0.25) is 0 Å². The predicted octanol–water partition coefficient (Wildman–Crippen LogP) is 3.94. The summed E-state index contributed by atoms with van der Waals surface area (Å²) in [4.78, 5) is 0. The number of ether oxygens (including phenoxy) is 2. The molecule has 0 amide bonds. The number of hydrogen-bond donors (Lipinski definition) is 1. The van der Waals surface area contributed by atoms with Gasteiger partial charge in [0.1, 0.15) is 11.5 Å². The van der Waals surface area contributed by atoms with E-state index in [0.29, 0.717) is 6.04 Å². The first-order chi connectivity index (χ1) is 9.33. The maximum Gasteiger partial charge on any atom is 0.127 e. The Morgan fingerprint density at radius 2 is 1.75 bits per heavy atom. The van der Waals surface area contributed by atoms with Gasteiger partial charge in [0.25, 0.3) is 0 Å². The van der Waals surface area contributed by atoms with Crippen molar-refractivity contribution >= 4 is 12.4 Å². The van der Waals surface area contributed by atoms with Crippen LogP contribution in [0.15, 0.2) is 18.2 Å². The molecule has 0 aromatic heterocycles. The van der Waals surface area contributed by atoms with Crippen molar-refractivity contribution in [3.8, 4) is 11.5 Å². The molecule has 3 nitrogen and oxygen atoms in total. The molecule has 4 heteroatoms. The Kier molecular flexibility index (Phi) is 7.78. The van der Waals surface area contributed by atoms with Gasteiger partial charge in [-0.1, -0.05) is 31.7 Å². The van der Waals surface area contributed by atoms with Gasteiger partial charge in [-0.05, 0) is 18.9 Å². The first-order valence-corrected chi connectivity index (χ1v) is 7.28. The van der Waals surface area contributed by atoms with E-state index in [1.54, 1.807) is 14.2 Å². The monoisotopic (exact) mass is 299 g/mol. The minimum absolute atomic E-state index is 0. The number of nitrogens with one attached hydrogen (secondary N) is 1. The zero-order chi connectivity index (χ0) is 13.5. The van der Waals surface area contributed by atoms with Gasteiger partial charge >= 0.3 is 0 Å². The molecule has 1 aromatic carbocycles. The third kappa shape index (κ3) is 4.88. The average molecular weight is 300 g/mol. The van der Waals surface area contributed by atoms with E-state index in [2.05, 4.69) is 11.4 Å². The molecule has 0 saturated heterocycles. The fraction of sp³-hybridized carbons (Fsp3) is 0.625. The molecule has 1 saturated carbocycles. The van der Waals surface area contributed by atoms with E-state index >= 15 is 0 Å². The van der Waals surface area contributed by atoms with Crippen LogP contribution < -0.4 is 14.8 Å². The van der Waals surface area contributed by atoms with E-state index in [9.17, 15) is 0 Å². The smallest absolute Gasteiger partial charge is 0.127 e. The van der Waals surface area contributed by atoms with Crippen LogP contribution in [0.3, 0.4) is 0 Å². The van der Waals surface area contributed by atoms with Crippen LogP contribution in [0.25, 0.3) is 0 Å². The maximum atomic E-state index is 5.43. The minimum atomic E-state index is 0. The van der Waals surface area contributed by atoms with Gasteiger partial charge in [0.05, 0.1) is 14.2 Å². The van der Waals surface area contributed by atoms with E-state index in [0.717, 1.165) is 18.0 Å². The van der Waals surface area contributed by atoms with E-state index in [4.69, 9.17) is 9.47 Å². The standard InChI is InChI=1S/C16H25NO2.ClH/c1-18-15-10-9-13(16(11-15)19-2)12-17-14-7-5-3-4-6-8-14;/h9-11,14,17H,3-8,12H2,1-2H3;1H. The van der Waals surface area contributed by atoms with Crippen LogP contribution in [-0.2, 0) is 6.54 Å². The number of hydrogen-bond acceptors (Lipinski definition) is 3. The van der Waals surface area contributed by atoms with Gasteiger partial charge < -0.3 is 14.8 Å². The molecule has 1 fully saturated rings. The summed E-state index contributed by atoms with van der Waals surface area (Å²) >= 11 is 0. The molecule has 0 radical (unpaired) electrons. The van der Waals surface area contributed by atoms with Crippen LogP contribution in [0.4, 0.5) is 0 Å². The molecule has 1 aliphatic carbocycles. The van der Waals surface area contributed by atoms with Gasteiger partial charge in [0.2, 0.25) is 0 Å². The second kappa shape index (κ2) is 9.09. The molecule has 0 unspecified atom stereocenters. The minimum Gasteiger partial charge on any atom is -0.497 e. The summed E-state index contributed by atoms with van der Waals surface area (Å²) < 4.78 is 10.7. The molecule has 0 bridgehead atoms. The summed E-state index contributed by atoms with van der Waals surface area (Å²) in [7, 11) is 3.39. The maximum absolute atomic E-state index is 5.43. The van der Waals surface area contributed by atoms with Crippen LogP contribution in [0, 0.1) is 0 Å². The van der Waals surface area contributed by atoms with Crippen molar-refractivity contribution in [1.82, 2.24) is 5.32 Å². The third-order valence-electron chi connectivity index (χ3n) is 3.93. The molecular weight excluding hydrogens is 274 g/mol. The first-order valence-electron chi connectivity index (χ1n) is 7.28. The lowest BCUT2D eigenvalue weighted by Gasteiger charge is -2.17. The molecule has 114 valence electrons. The largest absolute Gasteiger partial charge is 0.497 e. The molecule has 0 spiro atoms. The number of halogens is 1. The summed E-state index contributed by atoms with van der Waals surface area (Å²) in [5, 5.41) is 3.67. The Morgan fingerprint density at radius 3 is 2.35 bits per heavy atom. The summed E-state index contributed by atoms with van der Waals surface area (Å²) in [6.07, 6.45) is 8.11. The highest BCUT2D eigenvalue weighted by Gasteiger charge is 2.12. The lowest BCUT2D eigenvalue weighted by atomic mass is 10.1. The summed E-state index contributed by atoms with van der Waals surface area (Å²) in [5.74, 6) is 1.75. The fourth-order valence-corrected chi connectivity index (χ4v) is 2.74. The highest BCUT2D eigenvalue weighted by molar-refractivity contribution is 5.85. The molecule has 0 aliphatic heterocycles. The molecule has 1 aromatic rings. The second-order valence-electron chi connectivity index (χ2n) is 5.25. The predicted molar refractivity (Wildman–Crippen MR) is 85.1 cm³/mol. The van der Waals surface area contributed by atoms with Crippen LogP contribution in [-0.4, -0.2) is 20.3 Å². The first kappa shape index (κ1) is 17.1. The van der Waals surface area contributed by atoms with Gasteiger partial charge in [-0.25, -0.2) is 0 Å². The molecule has 20 heavy (non-hydrogen) atoms. The zero-order valence-electron chi connectivity index (χ0n) is 12.5. The lowest BCUT2D eigenvalue weighted by Crippen LogP contribution is -2.28. The van der Waals surface area contributed by atoms with E-state index < -0.39 is 0 Å². The highest BCUT2D eigenvalue weighted by atomic mass is 35.5. The summed E-state index contributed by atoms with van der Waals surface area (Å²) in [6.45, 7) is 0.873. The Morgan fingerprint density at radius 1 is 1.05 bits per heavy atom. The Hall–Kier alpha value is -0.930. The van der Waals surface area contributed by atoms with Gasteiger partial charge in [0.15, 0.2) is 0 Å². The SMILES string of the molecule is COc1ccc(CNC2CCCCCC2)c(OC)c1.Cl.